The average Bonchev–Trinajstić information content (AvgIpc) is 3.35. The van der Waals surface area contributed by atoms with Crippen LogP contribution in [0.3, 0.4) is 0 Å². The number of benzene rings is 1. The van der Waals surface area contributed by atoms with Crippen LogP contribution in [-0.4, -0.2) is 68.8 Å². The Morgan fingerprint density at radius 3 is 2.48 bits per heavy atom. The predicted molar refractivity (Wildman–Crippen MR) is 128 cm³/mol. The number of sulfonamides is 1. The zero-order chi connectivity index (χ0) is 23.6. The molecule has 8 nitrogen and oxygen atoms in total. The lowest BCUT2D eigenvalue weighted by molar-refractivity contribution is -0.117. The van der Waals surface area contributed by atoms with Crippen molar-refractivity contribution in [3.05, 3.63) is 45.3 Å². The third kappa shape index (κ3) is 5.25. The van der Waals surface area contributed by atoms with Crippen molar-refractivity contribution in [2.75, 3.05) is 44.6 Å². The molecular weight excluding hydrogens is 486 g/mol. The Morgan fingerprint density at radius 1 is 1.12 bits per heavy atom. The Kier molecular flexibility index (Phi) is 7.40. The van der Waals surface area contributed by atoms with Gasteiger partial charge in [0.15, 0.2) is 0 Å². The van der Waals surface area contributed by atoms with Crippen LogP contribution in [0.5, 0.6) is 0 Å². The number of piperazine rings is 1. The highest BCUT2D eigenvalue weighted by atomic mass is 35.5. The van der Waals surface area contributed by atoms with Crippen LogP contribution >= 0.6 is 22.9 Å². The zero-order valence-corrected chi connectivity index (χ0v) is 20.7. The molecule has 1 fully saturated rings. The van der Waals surface area contributed by atoms with Gasteiger partial charge in [-0.1, -0.05) is 11.6 Å². The van der Waals surface area contributed by atoms with Crippen molar-refractivity contribution >= 4 is 49.8 Å². The van der Waals surface area contributed by atoms with Crippen molar-refractivity contribution in [1.29, 1.82) is 0 Å². The molecule has 2 aliphatic rings. The second-order valence-electron chi connectivity index (χ2n) is 7.96. The van der Waals surface area contributed by atoms with Gasteiger partial charge in [-0.2, -0.15) is 4.31 Å². The molecule has 0 bridgehead atoms. The number of amides is 1. The van der Waals surface area contributed by atoms with Crippen LogP contribution in [0.15, 0.2) is 29.2 Å². The largest absolute Gasteiger partial charge is 0.462 e. The van der Waals surface area contributed by atoms with Gasteiger partial charge in [0.05, 0.1) is 23.6 Å². The van der Waals surface area contributed by atoms with Crippen LogP contribution in [0, 0.1) is 0 Å². The lowest BCUT2D eigenvalue weighted by atomic mass is 10.1. The first-order chi connectivity index (χ1) is 15.8. The van der Waals surface area contributed by atoms with Crippen LogP contribution in [0.1, 0.15) is 34.1 Å². The summed E-state index contributed by atoms with van der Waals surface area (Å²) in [5, 5.41) is 3.92. The summed E-state index contributed by atoms with van der Waals surface area (Å²) in [6.07, 6.45) is 2.73. The number of halogens is 1. The molecule has 1 amide bonds. The Labute approximate surface area is 202 Å². The summed E-state index contributed by atoms with van der Waals surface area (Å²) in [7, 11) is -3.60. The van der Waals surface area contributed by atoms with Gasteiger partial charge in [-0.25, -0.2) is 13.2 Å². The highest BCUT2D eigenvalue weighted by molar-refractivity contribution is 7.89. The topological polar surface area (TPSA) is 96.0 Å². The number of thiophene rings is 1. The number of aryl methyl sites for hydroxylation is 1. The number of nitrogens with zero attached hydrogens (tertiary/aromatic N) is 2. The first-order valence-electron chi connectivity index (χ1n) is 10.9. The average molecular weight is 512 g/mol. The monoisotopic (exact) mass is 511 g/mol. The van der Waals surface area contributed by atoms with Crippen molar-refractivity contribution in [2.24, 2.45) is 0 Å². The maximum atomic E-state index is 12.8. The molecule has 4 rings (SSSR count). The Balaban J connectivity index is 1.36. The van der Waals surface area contributed by atoms with Gasteiger partial charge >= 0.3 is 5.97 Å². The van der Waals surface area contributed by atoms with Crippen LogP contribution in [0.25, 0.3) is 0 Å². The molecule has 1 aromatic carbocycles. The summed E-state index contributed by atoms with van der Waals surface area (Å²) in [4.78, 5) is 28.5. The van der Waals surface area contributed by atoms with Crippen molar-refractivity contribution in [1.82, 2.24) is 9.21 Å². The van der Waals surface area contributed by atoms with E-state index in [4.69, 9.17) is 16.3 Å². The van der Waals surface area contributed by atoms with Crippen LogP contribution in [-0.2, 0) is 32.4 Å². The van der Waals surface area contributed by atoms with E-state index in [2.05, 4.69) is 5.32 Å². The highest BCUT2D eigenvalue weighted by Gasteiger charge is 2.31. The quantitative estimate of drug-likeness (QED) is 0.574. The van der Waals surface area contributed by atoms with E-state index in [1.54, 1.807) is 19.1 Å². The van der Waals surface area contributed by atoms with E-state index < -0.39 is 16.0 Å². The summed E-state index contributed by atoms with van der Waals surface area (Å²) in [6.45, 7) is 3.62. The second kappa shape index (κ2) is 10.1. The smallest absolute Gasteiger partial charge is 0.341 e. The molecule has 2 heterocycles. The fourth-order valence-corrected chi connectivity index (χ4v) is 7.01. The van der Waals surface area contributed by atoms with Gasteiger partial charge in [-0.15, -0.1) is 11.3 Å². The number of carbonyl (C=O) groups is 2. The molecular formula is C22H26ClN3O5S2. The summed E-state index contributed by atoms with van der Waals surface area (Å²) >= 11 is 7.31. The maximum absolute atomic E-state index is 12.8. The van der Waals surface area contributed by atoms with Crippen molar-refractivity contribution in [3.8, 4) is 0 Å². The fourth-order valence-electron chi connectivity index (χ4n) is 4.16. The standard InChI is InChI=1S/C22H26ClN3O5S2/c1-2-31-22(28)20-17-4-3-5-18(17)32-21(20)24-19(27)14-25-10-12-26(13-11-25)33(29,30)16-8-6-15(23)7-9-16/h6-9H,2-5,10-14H2,1H3,(H,24,27). The summed E-state index contributed by atoms with van der Waals surface area (Å²) in [5.74, 6) is -0.622. The molecule has 1 saturated heterocycles. The second-order valence-corrected chi connectivity index (χ2v) is 11.4. The molecule has 1 aliphatic heterocycles. The molecule has 178 valence electrons. The Morgan fingerprint density at radius 2 is 1.82 bits per heavy atom. The number of fused-ring (bicyclic) bond motifs is 1. The lowest BCUT2D eigenvalue weighted by Gasteiger charge is -2.33. The minimum absolute atomic E-state index is 0.125. The number of carbonyl (C=O) groups excluding carboxylic acids is 2. The molecule has 1 aliphatic carbocycles. The molecule has 0 unspecified atom stereocenters. The number of esters is 1. The third-order valence-electron chi connectivity index (χ3n) is 5.80. The van der Waals surface area contributed by atoms with Crippen molar-refractivity contribution in [3.63, 3.8) is 0 Å². The maximum Gasteiger partial charge on any atom is 0.341 e. The first-order valence-corrected chi connectivity index (χ1v) is 13.5. The van der Waals surface area contributed by atoms with Crippen LogP contribution < -0.4 is 5.32 Å². The van der Waals surface area contributed by atoms with Gasteiger partial charge in [-0.3, -0.25) is 9.69 Å². The summed E-state index contributed by atoms with van der Waals surface area (Å²) in [5.41, 5.74) is 1.48. The summed E-state index contributed by atoms with van der Waals surface area (Å²) in [6, 6.07) is 6.11. The molecule has 1 N–H and O–H groups in total. The lowest BCUT2D eigenvalue weighted by Crippen LogP contribution is -2.50. The highest BCUT2D eigenvalue weighted by Crippen LogP contribution is 2.39. The normalized spacial score (nSPS) is 17.0. The molecule has 33 heavy (non-hydrogen) atoms. The molecule has 11 heteroatoms. The minimum Gasteiger partial charge on any atom is -0.462 e. The van der Waals surface area contributed by atoms with E-state index in [0.717, 1.165) is 29.7 Å². The number of anilines is 1. The number of hydrogen-bond donors (Lipinski definition) is 1. The van der Waals surface area contributed by atoms with Gasteiger partial charge in [0.25, 0.3) is 0 Å². The van der Waals surface area contributed by atoms with E-state index in [1.807, 2.05) is 4.90 Å². The van der Waals surface area contributed by atoms with Gasteiger partial charge < -0.3 is 10.1 Å². The minimum atomic E-state index is -3.60. The molecule has 0 radical (unpaired) electrons. The number of nitrogens with one attached hydrogen (secondary N) is 1. The SMILES string of the molecule is CCOC(=O)c1c(NC(=O)CN2CCN(S(=O)(=O)c3ccc(Cl)cc3)CC2)sc2c1CCC2. The first kappa shape index (κ1) is 24.2. The van der Waals surface area contributed by atoms with Crippen molar-refractivity contribution in [2.45, 2.75) is 31.1 Å². The van der Waals surface area contributed by atoms with E-state index in [0.29, 0.717) is 41.8 Å². The Hall–Kier alpha value is -1.98. The van der Waals surface area contributed by atoms with Gasteiger partial charge in [0.2, 0.25) is 15.9 Å². The van der Waals surface area contributed by atoms with E-state index >= 15 is 0 Å². The van der Waals surface area contributed by atoms with E-state index in [-0.39, 0.29) is 24.0 Å². The molecule has 0 atom stereocenters. The van der Waals surface area contributed by atoms with Crippen molar-refractivity contribution < 1.29 is 22.7 Å². The van der Waals surface area contributed by atoms with Crippen LogP contribution in [0.4, 0.5) is 5.00 Å². The zero-order valence-electron chi connectivity index (χ0n) is 18.3. The van der Waals surface area contributed by atoms with Crippen LogP contribution in [0.2, 0.25) is 5.02 Å². The molecule has 0 spiro atoms. The summed E-state index contributed by atoms with van der Waals surface area (Å²) < 4.78 is 32.3. The number of ether oxygens (including phenoxy) is 1. The van der Waals surface area contributed by atoms with Gasteiger partial charge in [0, 0.05) is 36.1 Å². The number of hydrogen-bond acceptors (Lipinski definition) is 7. The van der Waals surface area contributed by atoms with E-state index in [9.17, 15) is 18.0 Å². The third-order valence-corrected chi connectivity index (χ3v) is 9.18. The van der Waals surface area contributed by atoms with Gasteiger partial charge in [-0.05, 0) is 56.0 Å². The number of rotatable bonds is 7. The molecule has 0 saturated carbocycles. The van der Waals surface area contributed by atoms with Gasteiger partial charge in [0.1, 0.15) is 5.00 Å². The molecule has 1 aromatic heterocycles. The predicted octanol–water partition coefficient (Wildman–Crippen LogP) is 3.01. The Bertz CT molecular complexity index is 1140. The van der Waals surface area contributed by atoms with E-state index in [1.165, 1.54) is 27.8 Å². The fraction of sp³-hybridized carbons (Fsp3) is 0.455. The molecule has 2 aromatic rings.